The highest BCUT2D eigenvalue weighted by Crippen LogP contribution is 2.16. The van der Waals surface area contributed by atoms with Crippen LogP contribution in [0.5, 0.6) is 11.9 Å². The third-order valence-corrected chi connectivity index (χ3v) is 2.62. The third-order valence-electron chi connectivity index (χ3n) is 2.62. The van der Waals surface area contributed by atoms with Crippen molar-refractivity contribution in [1.29, 1.82) is 0 Å². The number of rotatable bonds is 7. The van der Waals surface area contributed by atoms with E-state index in [0.717, 1.165) is 0 Å². The molecule has 0 saturated heterocycles. The normalized spacial score (nSPS) is 10.3. The lowest BCUT2D eigenvalue weighted by atomic mass is 10.5. The molecule has 0 bridgehead atoms. The number of hydrogen-bond acceptors (Lipinski definition) is 8. The average molecular weight is 305 g/mol. The lowest BCUT2D eigenvalue weighted by molar-refractivity contribution is 0.402. The fourth-order valence-corrected chi connectivity index (χ4v) is 1.68. The van der Waals surface area contributed by atoms with Gasteiger partial charge in [0.05, 0.1) is 0 Å². The lowest BCUT2D eigenvalue weighted by Gasteiger charge is -2.09. The van der Waals surface area contributed by atoms with E-state index >= 15 is 0 Å². The van der Waals surface area contributed by atoms with E-state index in [9.17, 15) is 4.79 Å². The third kappa shape index (κ3) is 3.90. The summed E-state index contributed by atoms with van der Waals surface area (Å²) < 4.78 is 6.84. The van der Waals surface area contributed by atoms with E-state index in [1.807, 2.05) is 20.8 Å². The van der Waals surface area contributed by atoms with Crippen molar-refractivity contribution in [3.05, 3.63) is 22.5 Å². The van der Waals surface area contributed by atoms with Gasteiger partial charge in [0.2, 0.25) is 17.8 Å². The van der Waals surface area contributed by atoms with Crippen LogP contribution in [0, 0.1) is 0 Å². The Balaban J connectivity index is 2.29. The second kappa shape index (κ2) is 7.34. The van der Waals surface area contributed by atoms with Crippen molar-refractivity contribution in [3.8, 4) is 11.9 Å². The Bertz CT molecular complexity index is 662. The molecule has 2 aromatic rings. The highest BCUT2D eigenvalue weighted by atomic mass is 16.5. The first kappa shape index (κ1) is 15.7. The maximum Gasteiger partial charge on any atom is 0.330 e. The van der Waals surface area contributed by atoms with Gasteiger partial charge in [0, 0.05) is 31.8 Å². The first-order chi connectivity index (χ1) is 10.7. The number of aromatic nitrogens is 5. The van der Waals surface area contributed by atoms with Gasteiger partial charge in [-0.05, 0) is 20.8 Å². The predicted molar refractivity (Wildman–Crippen MR) is 82.4 cm³/mol. The van der Waals surface area contributed by atoms with E-state index < -0.39 is 0 Å². The lowest BCUT2D eigenvalue weighted by Crippen LogP contribution is -2.21. The molecule has 118 valence electrons. The van der Waals surface area contributed by atoms with Gasteiger partial charge >= 0.3 is 6.01 Å². The molecule has 0 atom stereocenters. The number of nitrogens with zero attached hydrogens (tertiary/aromatic N) is 5. The summed E-state index contributed by atoms with van der Waals surface area (Å²) in [6.07, 6.45) is 0. The van der Waals surface area contributed by atoms with Gasteiger partial charge in [0.25, 0.3) is 5.56 Å². The molecular formula is C13H19N7O2. The molecule has 9 nitrogen and oxygen atoms in total. The minimum absolute atomic E-state index is 0.107. The SMILES string of the molecule is CCNc1nc(NCC)nc(Oc2ccc(=O)n(CC)n2)n1. The minimum Gasteiger partial charge on any atom is -0.403 e. The van der Waals surface area contributed by atoms with Crippen molar-refractivity contribution in [1.82, 2.24) is 24.7 Å². The van der Waals surface area contributed by atoms with Crippen molar-refractivity contribution in [2.45, 2.75) is 27.3 Å². The van der Waals surface area contributed by atoms with E-state index in [4.69, 9.17) is 4.74 Å². The molecule has 0 aliphatic rings. The second-order valence-corrected chi connectivity index (χ2v) is 4.25. The Labute approximate surface area is 127 Å². The van der Waals surface area contributed by atoms with Crippen LogP contribution in [0.15, 0.2) is 16.9 Å². The van der Waals surface area contributed by atoms with Gasteiger partial charge in [0.1, 0.15) is 0 Å². The Kier molecular flexibility index (Phi) is 5.23. The second-order valence-electron chi connectivity index (χ2n) is 4.25. The maximum absolute atomic E-state index is 11.5. The van der Waals surface area contributed by atoms with Crippen molar-refractivity contribution in [2.24, 2.45) is 0 Å². The van der Waals surface area contributed by atoms with Gasteiger partial charge in [0.15, 0.2) is 0 Å². The highest BCUT2D eigenvalue weighted by Gasteiger charge is 2.09. The summed E-state index contributed by atoms with van der Waals surface area (Å²) in [4.78, 5) is 24.0. The zero-order chi connectivity index (χ0) is 15.9. The summed E-state index contributed by atoms with van der Waals surface area (Å²) in [7, 11) is 0. The molecule has 9 heteroatoms. The van der Waals surface area contributed by atoms with Crippen LogP contribution in [-0.2, 0) is 6.54 Å². The number of ether oxygens (including phenoxy) is 1. The van der Waals surface area contributed by atoms with Crippen LogP contribution in [0.4, 0.5) is 11.9 Å². The van der Waals surface area contributed by atoms with Crippen LogP contribution in [0.2, 0.25) is 0 Å². The molecule has 2 N–H and O–H groups in total. The zero-order valence-electron chi connectivity index (χ0n) is 12.8. The molecule has 0 fully saturated rings. The van der Waals surface area contributed by atoms with Crippen LogP contribution in [0.25, 0.3) is 0 Å². The van der Waals surface area contributed by atoms with E-state index in [2.05, 4.69) is 30.7 Å². The average Bonchev–Trinajstić information content (AvgIpc) is 2.50. The maximum atomic E-state index is 11.5. The van der Waals surface area contributed by atoms with Crippen LogP contribution in [0.1, 0.15) is 20.8 Å². The van der Waals surface area contributed by atoms with E-state index in [0.29, 0.717) is 31.5 Å². The fraction of sp³-hybridized carbons (Fsp3) is 0.462. The molecule has 2 heterocycles. The number of anilines is 2. The Morgan fingerprint density at radius 2 is 1.68 bits per heavy atom. The first-order valence-corrected chi connectivity index (χ1v) is 7.16. The van der Waals surface area contributed by atoms with Crippen molar-refractivity contribution < 1.29 is 4.74 Å². The van der Waals surface area contributed by atoms with Crippen LogP contribution in [-0.4, -0.2) is 37.8 Å². The number of aryl methyl sites for hydroxylation is 1. The minimum atomic E-state index is -0.188. The molecule has 2 rings (SSSR count). The summed E-state index contributed by atoms with van der Waals surface area (Å²) in [6, 6.07) is 2.98. The quantitative estimate of drug-likeness (QED) is 0.783. The molecule has 0 aliphatic carbocycles. The Morgan fingerprint density at radius 3 is 2.23 bits per heavy atom. The molecule has 0 aromatic carbocycles. The molecule has 0 unspecified atom stereocenters. The van der Waals surface area contributed by atoms with E-state index in [1.54, 1.807) is 0 Å². The Morgan fingerprint density at radius 1 is 1.05 bits per heavy atom. The molecule has 22 heavy (non-hydrogen) atoms. The summed E-state index contributed by atoms with van der Waals surface area (Å²) in [5.74, 6) is 1.07. The van der Waals surface area contributed by atoms with Gasteiger partial charge < -0.3 is 15.4 Å². The molecule has 2 aromatic heterocycles. The van der Waals surface area contributed by atoms with Crippen molar-refractivity contribution >= 4 is 11.9 Å². The topological polar surface area (TPSA) is 107 Å². The van der Waals surface area contributed by atoms with Crippen molar-refractivity contribution in [2.75, 3.05) is 23.7 Å². The van der Waals surface area contributed by atoms with Gasteiger partial charge in [-0.3, -0.25) is 4.79 Å². The van der Waals surface area contributed by atoms with Crippen molar-refractivity contribution in [3.63, 3.8) is 0 Å². The zero-order valence-corrected chi connectivity index (χ0v) is 12.8. The monoisotopic (exact) mass is 305 g/mol. The number of hydrogen-bond donors (Lipinski definition) is 2. The van der Waals surface area contributed by atoms with Gasteiger partial charge in [-0.1, -0.05) is 0 Å². The molecule has 0 radical (unpaired) electrons. The van der Waals surface area contributed by atoms with Gasteiger partial charge in [-0.25, -0.2) is 4.68 Å². The Hall–Kier alpha value is -2.71. The highest BCUT2D eigenvalue weighted by molar-refractivity contribution is 5.36. The summed E-state index contributed by atoms with van der Waals surface area (Å²) in [5, 5.41) is 10.1. The molecule has 0 aliphatic heterocycles. The summed E-state index contributed by atoms with van der Waals surface area (Å²) >= 11 is 0. The molecular weight excluding hydrogens is 286 g/mol. The standard InChI is InChI=1S/C13H19N7O2/c1-4-14-11-16-12(15-5-2)18-13(17-11)22-9-7-8-10(21)20(6-3)19-9/h7-8H,4-6H2,1-3H3,(H2,14,15,16,17,18). The van der Waals surface area contributed by atoms with Gasteiger partial charge in [-0.15, -0.1) is 5.10 Å². The van der Waals surface area contributed by atoms with Crippen LogP contribution < -0.4 is 20.9 Å². The summed E-state index contributed by atoms with van der Waals surface area (Å²) in [5.41, 5.74) is -0.188. The fourth-order valence-electron chi connectivity index (χ4n) is 1.68. The predicted octanol–water partition coefficient (Wildman–Crippen LogP) is 1.10. The smallest absolute Gasteiger partial charge is 0.330 e. The van der Waals surface area contributed by atoms with Gasteiger partial charge in [-0.2, -0.15) is 15.0 Å². The molecule has 0 spiro atoms. The molecule has 0 amide bonds. The first-order valence-electron chi connectivity index (χ1n) is 7.16. The largest absolute Gasteiger partial charge is 0.403 e. The number of nitrogens with one attached hydrogen (secondary N) is 2. The van der Waals surface area contributed by atoms with E-state index in [1.165, 1.54) is 16.8 Å². The summed E-state index contributed by atoms with van der Waals surface area (Å²) in [6.45, 7) is 7.51. The van der Waals surface area contributed by atoms with E-state index in [-0.39, 0.29) is 17.4 Å². The van der Waals surface area contributed by atoms with Crippen LogP contribution >= 0.6 is 0 Å². The van der Waals surface area contributed by atoms with Crippen LogP contribution in [0.3, 0.4) is 0 Å². The molecule has 0 saturated carbocycles.